The molecular formula is C14H23N3O. The van der Waals surface area contributed by atoms with Gasteiger partial charge in [0, 0.05) is 32.0 Å². The molecule has 0 spiro atoms. The van der Waals surface area contributed by atoms with E-state index in [0.717, 1.165) is 30.4 Å². The minimum absolute atomic E-state index is 0.489. The molecule has 2 rings (SSSR count). The molecule has 1 saturated heterocycles. The van der Waals surface area contributed by atoms with E-state index in [0.29, 0.717) is 6.61 Å². The van der Waals surface area contributed by atoms with Crippen molar-refractivity contribution < 1.29 is 4.74 Å². The van der Waals surface area contributed by atoms with Crippen molar-refractivity contribution in [2.24, 2.45) is 0 Å². The van der Waals surface area contributed by atoms with Gasteiger partial charge in [0.1, 0.15) is 12.4 Å². The van der Waals surface area contributed by atoms with Crippen LogP contribution >= 0.6 is 0 Å². The summed E-state index contributed by atoms with van der Waals surface area (Å²) in [6, 6.07) is 2.08. The molecular weight excluding hydrogens is 226 g/mol. The third-order valence-electron chi connectivity index (χ3n) is 3.34. The predicted molar refractivity (Wildman–Crippen MR) is 72.8 cm³/mol. The van der Waals surface area contributed by atoms with Gasteiger partial charge in [-0.15, -0.1) is 0 Å². The molecule has 2 heterocycles. The zero-order valence-electron chi connectivity index (χ0n) is 11.5. The van der Waals surface area contributed by atoms with Crippen LogP contribution in [0.4, 0.5) is 5.82 Å². The maximum Gasteiger partial charge on any atom is 0.156 e. The summed E-state index contributed by atoms with van der Waals surface area (Å²) in [4.78, 5) is 11.4. The molecule has 0 radical (unpaired) electrons. The number of rotatable bonds is 3. The molecule has 4 heteroatoms. The first-order chi connectivity index (χ1) is 8.79. The van der Waals surface area contributed by atoms with Crippen LogP contribution in [0.25, 0.3) is 0 Å². The number of anilines is 1. The van der Waals surface area contributed by atoms with Crippen LogP contribution in [-0.4, -0.2) is 30.2 Å². The molecule has 1 aromatic heterocycles. The summed E-state index contributed by atoms with van der Waals surface area (Å²) in [6.45, 7) is 4.74. The Balaban J connectivity index is 2.14. The van der Waals surface area contributed by atoms with Crippen LogP contribution in [0, 0.1) is 6.92 Å². The van der Waals surface area contributed by atoms with Gasteiger partial charge in [0.05, 0.1) is 0 Å². The highest BCUT2D eigenvalue weighted by molar-refractivity contribution is 5.39. The lowest BCUT2D eigenvalue weighted by molar-refractivity contribution is 0.177. The molecule has 1 fully saturated rings. The van der Waals surface area contributed by atoms with E-state index in [4.69, 9.17) is 4.74 Å². The Kier molecular flexibility index (Phi) is 4.93. The molecule has 18 heavy (non-hydrogen) atoms. The van der Waals surface area contributed by atoms with Crippen LogP contribution in [-0.2, 0) is 11.3 Å². The van der Waals surface area contributed by atoms with Gasteiger partial charge in [-0.1, -0.05) is 19.3 Å². The topological polar surface area (TPSA) is 38.2 Å². The third-order valence-corrected chi connectivity index (χ3v) is 3.34. The highest BCUT2D eigenvalue weighted by Gasteiger charge is 2.12. The van der Waals surface area contributed by atoms with Crippen molar-refractivity contribution in [2.75, 3.05) is 25.1 Å². The molecule has 0 saturated carbocycles. The average molecular weight is 249 g/mol. The van der Waals surface area contributed by atoms with Crippen molar-refractivity contribution in [3.63, 3.8) is 0 Å². The van der Waals surface area contributed by atoms with Gasteiger partial charge in [-0.25, -0.2) is 9.97 Å². The van der Waals surface area contributed by atoms with Crippen LogP contribution < -0.4 is 4.90 Å². The first-order valence-electron chi connectivity index (χ1n) is 6.88. The summed E-state index contributed by atoms with van der Waals surface area (Å²) in [7, 11) is 1.68. The summed E-state index contributed by atoms with van der Waals surface area (Å²) in [5.74, 6) is 1.85. The fraction of sp³-hybridized carbons (Fsp3) is 0.714. The van der Waals surface area contributed by atoms with Crippen LogP contribution in [0.3, 0.4) is 0 Å². The van der Waals surface area contributed by atoms with Crippen molar-refractivity contribution in [3.05, 3.63) is 17.6 Å². The minimum Gasteiger partial charge on any atom is -0.377 e. The van der Waals surface area contributed by atoms with Crippen LogP contribution in [0.15, 0.2) is 6.07 Å². The van der Waals surface area contributed by atoms with Crippen molar-refractivity contribution in [2.45, 2.75) is 45.6 Å². The third kappa shape index (κ3) is 3.67. The van der Waals surface area contributed by atoms with Gasteiger partial charge in [-0.05, 0) is 19.8 Å². The van der Waals surface area contributed by atoms with E-state index in [2.05, 4.69) is 20.9 Å². The summed E-state index contributed by atoms with van der Waals surface area (Å²) in [5.41, 5.74) is 1.02. The number of ether oxygens (including phenoxy) is 1. The molecule has 1 aromatic rings. The van der Waals surface area contributed by atoms with E-state index < -0.39 is 0 Å². The van der Waals surface area contributed by atoms with E-state index in [1.54, 1.807) is 7.11 Å². The Morgan fingerprint density at radius 1 is 1.11 bits per heavy atom. The Morgan fingerprint density at radius 2 is 1.78 bits per heavy atom. The van der Waals surface area contributed by atoms with E-state index in [-0.39, 0.29) is 0 Å². The minimum atomic E-state index is 0.489. The molecule has 0 N–H and O–H groups in total. The zero-order valence-corrected chi connectivity index (χ0v) is 11.5. The molecule has 0 aromatic carbocycles. The molecule has 100 valence electrons. The molecule has 1 aliphatic heterocycles. The number of hydrogen-bond acceptors (Lipinski definition) is 4. The summed E-state index contributed by atoms with van der Waals surface area (Å²) >= 11 is 0. The van der Waals surface area contributed by atoms with Gasteiger partial charge in [0.25, 0.3) is 0 Å². The summed E-state index contributed by atoms with van der Waals surface area (Å²) in [5, 5.41) is 0. The summed E-state index contributed by atoms with van der Waals surface area (Å²) in [6.07, 6.45) is 6.59. The fourth-order valence-electron chi connectivity index (χ4n) is 2.44. The molecule has 0 unspecified atom stereocenters. The van der Waals surface area contributed by atoms with Gasteiger partial charge in [-0.3, -0.25) is 0 Å². The van der Waals surface area contributed by atoms with Crippen molar-refractivity contribution >= 4 is 5.82 Å². The molecule has 4 nitrogen and oxygen atoms in total. The molecule has 0 aliphatic carbocycles. The highest BCUT2D eigenvalue weighted by Crippen LogP contribution is 2.18. The van der Waals surface area contributed by atoms with Crippen molar-refractivity contribution in [1.29, 1.82) is 0 Å². The second-order valence-electron chi connectivity index (χ2n) is 4.97. The first kappa shape index (κ1) is 13.3. The quantitative estimate of drug-likeness (QED) is 0.825. The van der Waals surface area contributed by atoms with Gasteiger partial charge < -0.3 is 9.64 Å². The van der Waals surface area contributed by atoms with E-state index >= 15 is 0 Å². The van der Waals surface area contributed by atoms with Crippen LogP contribution in [0.2, 0.25) is 0 Å². The van der Waals surface area contributed by atoms with Crippen molar-refractivity contribution in [1.82, 2.24) is 9.97 Å². The second-order valence-corrected chi connectivity index (χ2v) is 4.97. The van der Waals surface area contributed by atoms with E-state index in [1.807, 2.05) is 6.92 Å². The van der Waals surface area contributed by atoms with Crippen molar-refractivity contribution in [3.8, 4) is 0 Å². The van der Waals surface area contributed by atoms with E-state index in [9.17, 15) is 0 Å². The monoisotopic (exact) mass is 249 g/mol. The van der Waals surface area contributed by atoms with Gasteiger partial charge >= 0.3 is 0 Å². The number of hydrogen-bond donors (Lipinski definition) is 0. The average Bonchev–Trinajstić information content (AvgIpc) is 2.27. The molecule has 0 amide bonds. The second kappa shape index (κ2) is 6.69. The predicted octanol–water partition coefficient (Wildman–Crippen LogP) is 2.70. The smallest absolute Gasteiger partial charge is 0.156 e. The van der Waals surface area contributed by atoms with Crippen LogP contribution in [0.1, 0.15) is 43.6 Å². The Bertz CT molecular complexity index is 373. The lowest BCUT2D eigenvalue weighted by Crippen LogP contribution is -2.28. The number of aromatic nitrogens is 2. The lowest BCUT2D eigenvalue weighted by Gasteiger charge is -2.26. The van der Waals surface area contributed by atoms with Gasteiger partial charge in [-0.2, -0.15) is 0 Å². The first-order valence-corrected chi connectivity index (χ1v) is 6.88. The Hall–Kier alpha value is -1.16. The molecule has 1 aliphatic rings. The SMILES string of the molecule is COCc1nc(C)cc(N2CCCCCCC2)n1. The number of nitrogens with zero attached hydrogens (tertiary/aromatic N) is 3. The van der Waals surface area contributed by atoms with Gasteiger partial charge in [0.15, 0.2) is 5.82 Å². The van der Waals surface area contributed by atoms with Crippen LogP contribution in [0.5, 0.6) is 0 Å². The lowest BCUT2D eigenvalue weighted by atomic mass is 10.1. The van der Waals surface area contributed by atoms with Gasteiger partial charge in [0.2, 0.25) is 0 Å². The molecule has 0 bridgehead atoms. The number of methoxy groups -OCH3 is 1. The largest absolute Gasteiger partial charge is 0.377 e. The maximum absolute atomic E-state index is 5.13. The zero-order chi connectivity index (χ0) is 12.8. The molecule has 0 atom stereocenters. The normalized spacial score (nSPS) is 17.3. The number of aryl methyl sites for hydroxylation is 1. The highest BCUT2D eigenvalue weighted by atomic mass is 16.5. The van der Waals surface area contributed by atoms with E-state index in [1.165, 1.54) is 32.1 Å². The fourth-order valence-corrected chi connectivity index (χ4v) is 2.44. The maximum atomic E-state index is 5.13. The Labute approximate surface area is 109 Å². The standard InChI is InChI=1S/C14H23N3O/c1-12-10-14(16-13(15-12)11-18-2)17-8-6-4-3-5-7-9-17/h10H,3-9,11H2,1-2H3. The Morgan fingerprint density at radius 3 is 2.44 bits per heavy atom. The summed E-state index contributed by atoms with van der Waals surface area (Å²) < 4.78 is 5.13.